The normalized spacial score (nSPS) is 18.6. The number of pyridine rings is 1. The Balaban J connectivity index is 0.958. The number of benzene rings is 3. The van der Waals surface area contributed by atoms with Crippen molar-refractivity contribution in [3.05, 3.63) is 115 Å². The number of amides is 4. The minimum atomic E-state index is -0.955. The van der Waals surface area contributed by atoms with Gasteiger partial charge in [0, 0.05) is 50.0 Å². The first-order valence-corrected chi connectivity index (χ1v) is 26.1. The van der Waals surface area contributed by atoms with E-state index in [1.807, 2.05) is 49.9 Å². The van der Waals surface area contributed by atoms with Gasteiger partial charge in [0.05, 0.1) is 47.8 Å². The van der Waals surface area contributed by atoms with Gasteiger partial charge in [-0.15, -0.1) is 0 Å². The number of carbonyl (C=O) groups excluding carboxylic acids is 4. The van der Waals surface area contributed by atoms with E-state index < -0.39 is 24.3 Å². The molecule has 3 aromatic carbocycles. The maximum atomic E-state index is 13.9. The molecule has 3 fully saturated rings. The number of aromatic nitrogens is 4. The van der Waals surface area contributed by atoms with Gasteiger partial charge in [-0.1, -0.05) is 76.2 Å². The van der Waals surface area contributed by atoms with Crippen molar-refractivity contribution in [3.8, 4) is 50.6 Å². The van der Waals surface area contributed by atoms with Gasteiger partial charge >= 0.3 is 12.2 Å². The number of methoxy groups -OCH3 is 1. The van der Waals surface area contributed by atoms with Crippen molar-refractivity contribution in [3.63, 3.8) is 0 Å². The Kier molecular flexibility index (Phi) is 14.5. The summed E-state index contributed by atoms with van der Waals surface area (Å²) in [7, 11) is 1.30. The van der Waals surface area contributed by atoms with E-state index in [0.717, 1.165) is 119 Å². The molecule has 4 aliphatic rings. The average molecular weight is 1000 g/mol. The molecule has 0 aliphatic carbocycles. The Hall–Kier alpha value is -7.66. The number of anilines is 2. The minimum absolute atomic E-state index is 0.134. The number of nitrogens with two attached hydrogens (primary N) is 1. The highest BCUT2D eigenvalue weighted by atomic mass is 16.6. The summed E-state index contributed by atoms with van der Waals surface area (Å²) >= 11 is 0. The van der Waals surface area contributed by atoms with Crippen LogP contribution in [0.15, 0.2) is 103 Å². The Bertz CT molecular complexity index is 3010. The van der Waals surface area contributed by atoms with Crippen LogP contribution in [0, 0.1) is 11.8 Å². The zero-order chi connectivity index (χ0) is 51.6. The summed E-state index contributed by atoms with van der Waals surface area (Å²) in [5, 5.41) is 4.86. The van der Waals surface area contributed by atoms with Crippen molar-refractivity contribution in [1.82, 2.24) is 39.6 Å². The average Bonchev–Trinajstić information content (AvgIpc) is 4.29. The lowest BCUT2D eigenvalue weighted by molar-refractivity contribution is -0.146. The number of nitrogens with one attached hydrogen (secondary N) is 3. The number of alkyl carbamates (subject to hydrolysis) is 1. The van der Waals surface area contributed by atoms with Crippen LogP contribution in [-0.2, 0) is 25.6 Å². The number of piperidine rings is 1. The lowest BCUT2D eigenvalue weighted by atomic mass is 9.96. The van der Waals surface area contributed by atoms with Crippen LogP contribution < -0.4 is 21.4 Å². The van der Waals surface area contributed by atoms with E-state index in [9.17, 15) is 19.2 Å². The van der Waals surface area contributed by atoms with Gasteiger partial charge in [0.25, 0.3) is 5.91 Å². The largest absolute Gasteiger partial charge is 0.453 e. The van der Waals surface area contributed by atoms with Crippen LogP contribution in [-0.4, -0.2) is 110 Å². The number of ether oxygens (including phenoxy) is 2. The molecule has 0 bridgehead atoms. The second-order valence-electron chi connectivity index (χ2n) is 20.6. The van der Waals surface area contributed by atoms with Crippen molar-refractivity contribution in [1.29, 1.82) is 0 Å². The van der Waals surface area contributed by atoms with Crippen LogP contribution >= 0.6 is 0 Å². The standard InChI is InChI=1S/C57H67N11O6/c1-35(2)51(62-57(72)73-5)54(69)65-28-12-20-48(65)53-60-33-45(61-53)38-15-10-17-40(31-38)47-24-23-46(68(47)41-22-25-49(59-32-41)64-26-7-6-8-27-64)39-16-9-14-37(30-39)42-18-11-19-44-43(42)34-67(63-44)50-21-13-29-66(50)55(70)52(36(3)4)74-56(58)71/h9-11,14-19,22-25,30-33,35-36,48,50-52,63H,6-8,12-13,20-21,26-29,34H2,1-5H3,(H2,58,71)(H,60,61)(H,62,72)/t48-,50-,51-,52-/m0/s1. The molecule has 4 aliphatic heterocycles. The van der Waals surface area contributed by atoms with Crippen LogP contribution in [0.5, 0.6) is 0 Å². The Morgan fingerprint density at radius 2 is 1.43 bits per heavy atom. The molecule has 386 valence electrons. The number of aromatic amines is 1. The lowest BCUT2D eigenvalue weighted by Gasteiger charge is -2.34. The van der Waals surface area contributed by atoms with E-state index >= 15 is 0 Å². The zero-order valence-electron chi connectivity index (χ0n) is 42.9. The lowest BCUT2D eigenvalue weighted by Crippen LogP contribution is -2.52. The number of carbonyl (C=O) groups is 4. The molecule has 0 radical (unpaired) electrons. The summed E-state index contributed by atoms with van der Waals surface area (Å²) in [6.07, 6.45) is 7.86. The maximum Gasteiger partial charge on any atom is 0.407 e. The molecule has 3 aromatic heterocycles. The van der Waals surface area contributed by atoms with Crippen molar-refractivity contribution >= 4 is 35.5 Å². The number of hydrogen-bond acceptors (Lipinski definition) is 11. The Labute approximate surface area is 432 Å². The fourth-order valence-corrected chi connectivity index (χ4v) is 11.3. The second kappa shape index (κ2) is 21.4. The first kappa shape index (κ1) is 49.9. The molecule has 74 heavy (non-hydrogen) atoms. The predicted octanol–water partition coefficient (Wildman–Crippen LogP) is 9.51. The number of imidazole rings is 1. The number of fused-ring (bicyclic) bond motifs is 1. The topological polar surface area (TPSA) is 196 Å². The fraction of sp³-hybridized carbons (Fsp3) is 0.404. The van der Waals surface area contributed by atoms with Crippen molar-refractivity contribution in [2.75, 3.05) is 43.6 Å². The van der Waals surface area contributed by atoms with Crippen molar-refractivity contribution in [2.24, 2.45) is 17.6 Å². The third-order valence-electron chi connectivity index (χ3n) is 15.0. The van der Waals surface area contributed by atoms with Gasteiger partial charge in [0.2, 0.25) is 5.91 Å². The molecule has 17 heteroatoms. The number of hydrazine groups is 1. The fourth-order valence-electron chi connectivity index (χ4n) is 11.3. The summed E-state index contributed by atoms with van der Waals surface area (Å²) in [4.78, 5) is 71.3. The van der Waals surface area contributed by atoms with E-state index in [4.69, 9.17) is 25.2 Å². The van der Waals surface area contributed by atoms with Gasteiger partial charge in [-0.2, -0.15) is 5.01 Å². The number of primary amides is 1. The van der Waals surface area contributed by atoms with Gasteiger partial charge in [0.15, 0.2) is 6.10 Å². The maximum absolute atomic E-state index is 13.9. The van der Waals surface area contributed by atoms with Crippen LogP contribution in [0.1, 0.15) is 90.1 Å². The number of nitrogens with zero attached hydrogens (tertiary/aromatic N) is 7. The highest BCUT2D eigenvalue weighted by Gasteiger charge is 2.41. The molecule has 0 saturated carbocycles. The van der Waals surface area contributed by atoms with E-state index in [2.05, 4.69) is 121 Å². The van der Waals surface area contributed by atoms with Crippen LogP contribution in [0.25, 0.3) is 50.6 Å². The van der Waals surface area contributed by atoms with Crippen molar-refractivity contribution < 1.29 is 28.7 Å². The summed E-state index contributed by atoms with van der Waals surface area (Å²) in [6, 6.07) is 31.0. The molecular formula is C57H67N11O6. The monoisotopic (exact) mass is 1000 g/mol. The number of rotatable bonds is 14. The van der Waals surface area contributed by atoms with Gasteiger partial charge in [-0.25, -0.2) is 19.6 Å². The number of hydrogen-bond donors (Lipinski definition) is 4. The molecule has 6 aromatic rings. The third kappa shape index (κ3) is 10.0. The third-order valence-corrected chi connectivity index (χ3v) is 15.0. The summed E-state index contributed by atoms with van der Waals surface area (Å²) in [5.74, 6) is 0.935. The second-order valence-corrected chi connectivity index (χ2v) is 20.6. The Morgan fingerprint density at radius 1 is 0.743 bits per heavy atom. The summed E-state index contributed by atoms with van der Waals surface area (Å²) in [6.45, 7) is 11.2. The molecule has 0 unspecified atom stereocenters. The molecule has 0 spiro atoms. The molecule has 7 heterocycles. The Morgan fingerprint density at radius 3 is 2.12 bits per heavy atom. The first-order chi connectivity index (χ1) is 35.9. The SMILES string of the molecule is COC(=O)N[C@H](C(=O)N1CCC[C@H]1c1nc(-c2cccc(-c3ccc(-c4cccc(-c5cccc6c5CN([C@H]5CCCN5C(=O)[C@@H](OC(N)=O)C(C)C)N6)c4)n3-c3ccc(N4CCCCC4)nc3)c2)c[nH]1)C(C)C. The zero-order valence-corrected chi connectivity index (χ0v) is 42.9. The van der Waals surface area contributed by atoms with Gasteiger partial charge < -0.3 is 50.2 Å². The minimum Gasteiger partial charge on any atom is -0.453 e. The summed E-state index contributed by atoms with van der Waals surface area (Å²) < 4.78 is 12.4. The number of likely N-dealkylation sites (tertiary alicyclic amines) is 2. The smallest absolute Gasteiger partial charge is 0.407 e. The van der Waals surface area contributed by atoms with Crippen LogP contribution in [0.2, 0.25) is 0 Å². The molecular weight excluding hydrogens is 935 g/mol. The van der Waals surface area contributed by atoms with Crippen LogP contribution in [0.3, 0.4) is 0 Å². The first-order valence-electron chi connectivity index (χ1n) is 26.1. The van der Waals surface area contributed by atoms with Gasteiger partial charge in [0.1, 0.15) is 23.8 Å². The highest BCUT2D eigenvalue weighted by molar-refractivity contribution is 5.87. The van der Waals surface area contributed by atoms with E-state index in [1.165, 1.54) is 13.5 Å². The predicted molar refractivity (Wildman–Crippen MR) is 285 cm³/mol. The summed E-state index contributed by atoms with van der Waals surface area (Å²) in [5.41, 5.74) is 19.9. The van der Waals surface area contributed by atoms with E-state index in [-0.39, 0.29) is 35.9 Å². The molecule has 4 amide bonds. The quantitative estimate of drug-likeness (QED) is 0.0811. The number of H-pyrrole nitrogens is 1. The molecule has 17 nitrogen and oxygen atoms in total. The molecule has 5 N–H and O–H groups in total. The molecule has 10 rings (SSSR count). The van der Waals surface area contributed by atoms with Crippen molar-refractivity contribution in [2.45, 2.75) is 104 Å². The van der Waals surface area contributed by atoms with E-state index in [0.29, 0.717) is 25.5 Å². The molecule has 4 atom stereocenters. The molecule has 3 saturated heterocycles. The van der Waals surface area contributed by atoms with Gasteiger partial charge in [-0.05, 0) is 121 Å². The van der Waals surface area contributed by atoms with E-state index in [1.54, 1.807) is 0 Å². The highest BCUT2D eigenvalue weighted by Crippen LogP contribution is 2.41. The van der Waals surface area contributed by atoms with Gasteiger partial charge in [-0.3, -0.25) is 9.59 Å². The van der Waals surface area contributed by atoms with Crippen LogP contribution in [0.4, 0.5) is 21.1 Å².